The number of nitrogens with one attached hydrogen (secondary N) is 2. The summed E-state index contributed by atoms with van der Waals surface area (Å²) in [4.78, 5) is 24.7. The second-order valence-electron chi connectivity index (χ2n) is 5.71. The highest BCUT2D eigenvalue weighted by Gasteiger charge is 2.18. The Labute approximate surface area is 141 Å². The Morgan fingerprint density at radius 2 is 1.75 bits per heavy atom. The Balaban J connectivity index is 1.68. The summed E-state index contributed by atoms with van der Waals surface area (Å²) >= 11 is 0. The number of benzene rings is 2. The molecule has 0 radical (unpaired) electrons. The zero-order chi connectivity index (χ0) is 16.8. The van der Waals surface area contributed by atoms with E-state index in [1.807, 2.05) is 6.07 Å². The highest BCUT2D eigenvalue weighted by molar-refractivity contribution is 6.08. The van der Waals surface area contributed by atoms with Crippen LogP contribution in [0.2, 0.25) is 0 Å². The van der Waals surface area contributed by atoms with Crippen LogP contribution in [-0.4, -0.2) is 31.1 Å². The minimum Gasteiger partial charge on any atom is -0.376 e. The second kappa shape index (κ2) is 7.75. The first-order valence-electron chi connectivity index (χ1n) is 8.09. The fourth-order valence-corrected chi connectivity index (χ4v) is 2.68. The van der Waals surface area contributed by atoms with Crippen molar-refractivity contribution in [1.29, 1.82) is 0 Å². The van der Waals surface area contributed by atoms with E-state index in [0.717, 1.165) is 19.4 Å². The highest BCUT2D eigenvalue weighted by atomic mass is 16.5. The molecule has 0 bridgehead atoms. The summed E-state index contributed by atoms with van der Waals surface area (Å²) in [6.45, 7) is 1.24. The molecular formula is C19H20N2O3. The van der Waals surface area contributed by atoms with Gasteiger partial charge in [-0.2, -0.15) is 0 Å². The fourth-order valence-electron chi connectivity index (χ4n) is 2.68. The van der Waals surface area contributed by atoms with Crippen LogP contribution in [-0.2, 0) is 4.74 Å². The topological polar surface area (TPSA) is 67.4 Å². The van der Waals surface area contributed by atoms with Gasteiger partial charge >= 0.3 is 0 Å². The first kappa shape index (κ1) is 16.2. The third-order valence-corrected chi connectivity index (χ3v) is 3.97. The third kappa shape index (κ3) is 4.00. The van der Waals surface area contributed by atoms with Gasteiger partial charge in [0, 0.05) is 18.7 Å². The maximum atomic E-state index is 12.4. The summed E-state index contributed by atoms with van der Waals surface area (Å²) < 4.78 is 5.51. The van der Waals surface area contributed by atoms with Crippen molar-refractivity contribution in [2.45, 2.75) is 18.9 Å². The summed E-state index contributed by atoms with van der Waals surface area (Å²) in [5.74, 6) is -0.454. The molecule has 1 fully saturated rings. The Bertz CT molecular complexity index is 710. The number of rotatable bonds is 5. The van der Waals surface area contributed by atoms with Crippen LogP contribution >= 0.6 is 0 Å². The molecule has 1 aliphatic rings. The monoisotopic (exact) mass is 324 g/mol. The van der Waals surface area contributed by atoms with Crippen LogP contribution in [0.5, 0.6) is 0 Å². The van der Waals surface area contributed by atoms with E-state index in [9.17, 15) is 9.59 Å². The minimum absolute atomic E-state index is 0.0834. The van der Waals surface area contributed by atoms with E-state index < -0.39 is 0 Å². The Kier molecular flexibility index (Phi) is 5.23. The van der Waals surface area contributed by atoms with Crippen molar-refractivity contribution in [3.05, 3.63) is 65.7 Å². The lowest BCUT2D eigenvalue weighted by Gasteiger charge is -2.13. The lowest BCUT2D eigenvalue weighted by Crippen LogP contribution is -2.32. The molecule has 2 aromatic rings. The van der Waals surface area contributed by atoms with E-state index in [1.165, 1.54) is 0 Å². The van der Waals surface area contributed by atoms with E-state index >= 15 is 0 Å². The van der Waals surface area contributed by atoms with E-state index in [4.69, 9.17) is 4.74 Å². The van der Waals surface area contributed by atoms with Crippen molar-refractivity contribution in [2.24, 2.45) is 0 Å². The lowest BCUT2D eigenvalue weighted by molar-refractivity contribution is 0.0858. The van der Waals surface area contributed by atoms with Gasteiger partial charge in [-0.1, -0.05) is 30.3 Å². The van der Waals surface area contributed by atoms with Crippen LogP contribution in [0, 0.1) is 0 Å². The molecule has 0 unspecified atom stereocenters. The van der Waals surface area contributed by atoms with Gasteiger partial charge in [0.25, 0.3) is 11.8 Å². The van der Waals surface area contributed by atoms with Crippen LogP contribution in [0.1, 0.15) is 33.6 Å². The molecule has 2 aromatic carbocycles. The van der Waals surface area contributed by atoms with E-state index in [2.05, 4.69) is 10.6 Å². The SMILES string of the molecule is O=C(Nc1ccccc1C(=O)NC[C@H]1CCCO1)c1ccccc1. The number of para-hydroxylation sites is 1. The van der Waals surface area contributed by atoms with Gasteiger partial charge in [0.2, 0.25) is 0 Å². The van der Waals surface area contributed by atoms with Crippen molar-refractivity contribution < 1.29 is 14.3 Å². The van der Waals surface area contributed by atoms with Crippen LogP contribution in [0.3, 0.4) is 0 Å². The van der Waals surface area contributed by atoms with Crippen LogP contribution < -0.4 is 10.6 Å². The number of hydrogen-bond acceptors (Lipinski definition) is 3. The van der Waals surface area contributed by atoms with Crippen molar-refractivity contribution in [3.8, 4) is 0 Å². The van der Waals surface area contributed by atoms with Gasteiger partial charge in [-0.05, 0) is 37.1 Å². The zero-order valence-corrected chi connectivity index (χ0v) is 13.3. The van der Waals surface area contributed by atoms with Gasteiger partial charge in [0.1, 0.15) is 0 Å². The molecule has 2 N–H and O–H groups in total. The molecule has 5 heteroatoms. The number of anilines is 1. The zero-order valence-electron chi connectivity index (χ0n) is 13.3. The molecule has 124 valence electrons. The Morgan fingerprint density at radius 1 is 1.00 bits per heavy atom. The van der Waals surface area contributed by atoms with Crippen LogP contribution in [0.15, 0.2) is 54.6 Å². The van der Waals surface area contributed by atoms with Crippen molar-refractivity contribution in [1.82, 2.24) is 5.32 Å². The Hall–Kier alpha value is -2.66. The number of carbonyl (C=O) groups is 2. The number of amides is 2. The third-order valence-electron chi connectivity index (χ3n) is 3.97. The van der Waals surface area contributed by atoms with Gasteiger partial charge in [-0.15, -0.1) is 0 Å². The van der Waals surface area contributed by atoms with Gasteiger partial charge in [-0.3, -0.25) is 9.59 Å². The van der Waals surface area contributed by atoms with Crippen molar-refractivity contribution >= 4 is 17.5 Å². The first-order chi connectivity index (χ1) is 11.7. The standard InChI is InChI=1S/C19H20N2O3/c22-18(14-7-2-1-3-8-14)21-17-11-5-4-10-16(17)19(23)20-13-15-9-6-12-24-15/h1-5,7-8,10-11,15H,6,9,12-13H2,(H,20,23)(H,21,22)/t15-/m1/s1. The first-order valence-corrected chi connectivity index (χ1v) is 8.09. The molecular weight excluding hydrogens is 304 g/mol. The summed E-state index contributed by atoms with van der Waals surface area (Å²) in [7, 11) is 0. The molecule has 1 atom stereocenters. The normalized spacial score (nSPS) is 16.6. The molecule has 1 aliphatic heterocycles. The van der Waals surface area contributed by atoms with Crippen LogP contribution in [0.4, 0.5) is 5.69 Å². The van der Waals surface area contributed by atoms with E-state index in [0.29, 0.717) is 23.4 Å². The van der Waals surface area contributed by atoms with Gasteiger partial charge in [-0.25, -0.2) is 0 Å². The maximum absolute atomic E-state index is 12.4. The molecule has 1 saturated heterocycles. The quantitative estimate of drug-likeness (QED) is 0.889. The molecule has 0 aliphatic carbocycles. The Morgan fingerprint density at radius 3 is 2.50 bits per heavy atom. The van der Waals surface area contributed by atoms with Gasteiger partial charge in [0.05, 0.1) is 17.4 Å². The van der Waals surface area contributed by atoms with Crippen LogP contribution in [0.25, 0.3) is 0 Å². The molecule has 0 aromatic heterocycles. The average molecular weight is 324 g/mol. The molecule has 1 heterocycles. The van der Waals surface area contributed by atoms with Gasteiger partial charge in [0.15, 0.2) is 0 Å². The number of carbonyl (C=O) groups excluding carboxylic acids is 2. The largest absolute Gasteiger partial charge is 0.376 e. The summed E-state index contributed by atoms with van der Waals surface area (Å²) in [5.41, 5.74) is 1.49. The lowest BCUT2D eigenvalue weighted by atomic mass is 10.1. The second-order valence-corrected chi connectivity index (χ2v) is 5.71. The maximum Gasteiger partial charge on any atom is 0.255 e. The van der Waals surface area contributed by atoms with Crippen molar-refractivity contribution in [2.75, 3.05) is 18.5 Å². The predicted octanol–water partition coefficient (Wildman–Crippen LogP) is 2.85. The molecule has 0 spiro atoms. The molecule has 0 saturated carbocycles. The average Bonchev–Trinajstić information content (AvgIpc) is 3.14. The minimum atomic E-state index is -0.241. The summed E-state index contributed by atoms with van der Waals surface area (Å²) in [6, 6.07) is 15.9. The molecule has 5 nitrogen and oxygen atoms in total. The van der Waals surface area contributed by atoms with E-state index in [-0.39, 0.29) is 17.9 Å². The predicted molar refractivity (Wildman–Crippen MR) is 92.1 cm³/mol. The van der Waals surface area contributed by atoms with E-state index in [1.54, 1.807) is 48.5 Å². The molecule has 3 rings (SSSR count). The number of ether oxygens (including phenoxy) is 1. The van der Waals surface area contributed by atoms with Crippen molar-refractivity contribution in [3.63, 3.8) is 0 Å². The molecule has 24 heavy (non-hydrogen) atoms. The molecule has 2 amide bonds. The smallest absolute Gasteiger partial charge is 0.255 e. The highest BCUT2D eigenvalue weighted by Crippen LogP contribution is 2.17. The number of hydrogen-bond donors (Lipinski definition) is 2. The summed E-state index contributed by atoms with van der Waals surface area (Å²) in [5, 5.41) is 5.68. The van der Waals surface area contributed by atoms with Gasteiger partial charge < -0.3 is 15.4 Å². The summed E-state index contributed by atoms with van der Waals surface area (Å²) in [6.07, 6.45) is 2.08. The fraction of sp³-hybridized carbons (Fsp3) is 0.263.